The monoisotopic (exact) mass is 413 g/mol. The first kappa shape index (κ1) is 19.9. The summed E-state index contributed by atoms with van der Waals surface area (Å²) in [5.74, 6) is 0.740. The van der Waals surface area contributed by atoms with E-state index in [1.807, 2.05) is 35.7 Å². The van der Waals surface area contributed by atoms with E-state index in [1.54, 1.807) is 31.4 Å². The van der Waals surface area contributed by atoms with Gasteiger partial charge in [-0.25, -0.2) is 4.98 Å². The van der Waals surface area contributed by atoms with Crippen molar-refractivity contribution >= 4 is 45.7 Å². The predicted octanol–water partition coefficient (Wildman–Crippen LogP) is 4.13. The fourth-order valence-corrected chi connectivity index (χ4v) is 3.69. The number of thiazole rings is 1. The number of aromatic nitrogens is 1. The van der Waals surface area contributed by atoms with Crippen LogP contribution in [0.1, 0.15) is 0 Å². The van der Waals surface area contributed by atoms with Crippen LogP contribution in [0.2, 0.25) is 0 Å². The van der Waals surface area contributed by atoms with Gasteiger partial charge in [-0.1, -0.05) is 30.3 Å². The third-order valence-electron chi connectivity index (χ3n) is 3.66. The lowest BCUT2D eigenvalue weighted by Crippen LogP contribution is -2.18. The third kappa shape index (κ3) is 5.83. The molecule has 0 aliphatic carbocycles. The van der Waals surface area contributed by atoms with Gasteiger partial charge in [-0.2, -0.15) is 0 Å². The number of nitrogens with zero attached hydrogens (tertiary/aromatic N) is 1. The van der Waals surface area contributed by atoms with Gasteiger partial charge in [0.15, 0.2) is 5.13 Å². The molecule has 0 fully saturated rings. The largest absolute Gasteiger partial charge is 0.497 e. The average Bonchev–Trinajstić information content (AvgIpc) is 3.17. The SMILES string of the molecule is COc1ccc(NC(=O)CSCC(=O)Nc2nc(-c3ccccc3)cs2)cc1. The third-order valence-corrected chi connectivity index (χ3v) is 5.35. The Balaban J connectivity index is 1.40. The van der Waals surface area contributed by atoms with Crippen LogP contribution in [0.15, 0.2) is 60.0 Å². The van der Waals surface area contributed by atoms with E-state index < -0.39 is 0 Å². The molecule has 1 heterocycles. The summed E-state index contributed by atoms with van der Waals surface area (Å²) in [5.41, 5.74) is 2.52. The van der Waals surface area contributed by atoms with Crippen LogP contribution in [0.4, 0.5) is 10.8 Å². The molecule has 3 aromatic rings. The molecule has 2 aromatic carbocycles. The number of methoxy groups -OCH3 is 1. The number of hydrogen-bond donors (Lipinski definition) is 2. The molecular weight excluding hydrogens is 394 g/mol. The zero-order valence-corrected chi connectivity index (χ0v) is 16.8. The van der Waals surface area contributed by atoms with E-state index in [0.717, 1.165) is 17.0 Å². The summed E-state index contributed by atoms with van der Waals surface area (Å²) in [5, 5.41) is 8.00. The standard InChI is InChI=1S/C20H19N3O3S2/c1-26-16-9-7-15(8-10-16)21-18(24)12-27-13-19(25)23-20-22-17(11-28-20)14-5-3-2-4-6-14/h2-11H,12-13H2,1H3,(H,21,24)(H,22,23,25). The lowest BCUT2D eigenvalue weighted by Gasteiger charge is -2.06. The van der Waals surface area contributed by atoms with Crippen LogP contribution in [0, 0.1) is 0 Å². The van der Waals surface area contributed by atoms with Crippen LogP contribution < -0.4 is 15.4 Å². The highest BCUT2D eigenvalue weighted by molar-refractivity contribution is 8.00. The fraction of sp³-hybridized carbons (Fsp3) is 0.150. The minimum atomic E-state index is -0.184. The molecule has 2 amide bonds. The van der Waals surface area contributed by atoms with Gasteiger partial charge in [0.2, 0.25) is 11.8 Å². The van der Waals surface area contributed by atoms with Gasteiger partial charge in [-0.3, -0.25) is 9.59 Å². The minimum Gasteiger partial charge on any atom is -0.497 e. The molecule has 0 spiro atoms. The van der Waals surface area contributed by atoms with Crippen LogP contribution in [0.5, 0.6) is 5.75 Å². The van der Waals surface area contributed by atoms with Crippen LogP contribution in [-0.2, 0) is 9.59 Å². The van der Waals surface area contributed by atoms with Crippen molar-refractivity contribution in [2.24, 2.45) is 0 Å². The summed E-state index contributed by atoms with van der Waals surface area (Å²) in [6.07, 6.45) is 0. The Hall–Kier alpha value is -2.84. The van der Waals surface area contributed by atoms with Gasteiger partial charge in [0, 0.05) is 16.6 Å². The van der Waals surface area contributed by atoms with Gasteiger partial charge in [0.1, 0.15) is 5.75 Å². The Morgan fingerprint density at radius 2 is 1.68 bits per heavy atom. The van der Waals surface area contributed by atoms with Crippen molar-refractivity contribution in [1.29, 1.82) is 0 Å². The van der Waals surface area contributed by atoms with E-state index in [1.165, 1.54) is 23.1 Å². The second-order valence-corrected chi connectivity index (χ2v) is 7.57. The number of rotatable bonds is 8. The first-order valence-electron chi connectivity index (χ1n) is 8.46. The molecule has 0 saturated carbocycles. The van der Waals surface area contributed by atoms with E-state index >= 15 is 0 Å². The van der Waals surface area contributed by atoms with E-state index in [2.05, 4.69) is 15.6 Å². The van der Waals surface area contributed by atoms with E-state index in [0.29, 0.717) is 10.8 Å². The Morgan fingerprint density at radius 3 is 2.36 bits per heavy atom. The predicted molar refractivity (Wildman–Crippen MR) is 115 cm³/mol. The molecule has 0 aliphatic heterocycles. The molecular formula is C20H19N3O3S2. The van der Waals surface area contributed by atoms with Gasteiger partial charge in [-0.15, -0.1) is 23.1 Å². The number of hydrogen-bond acceptors (Lipinski definition) is 6. The van der Waals surface area contributed by atoms with Gasteiger partial charge >= 0.3 is 0 Å². The molecule has 3 rings (SSSR count). The molecule has 8 heteroatoms. The van der Waals surface area contributed by atoms with Crippen LogP contribution in [-0.4, -0.2) is 35.4 Å². The van der Waals surface area contributed by atoms with Crippen molar-refractivity contribution in [3.63, 3.8) is 0 Å². The minimum absolute atomic E-state index is 0.163. The number of thioether (sulfide) groups is 1. The number of benzene rings is 2. The molecule has 2 N–H and O–H groups in total. The zero-order chi connectivity index (χ0) is 19.8. The Bertz CT molecular complexity index is 927. The molecule has 0 aliphatic rings. The molecule has 144 valence electrons. The molecule has 1 aromatic heterocycles. The summed E-state index contributed by atoms with van der Waals surface area (Å²) in [4.78, 5) is 28.4. The first-order chi connectivity index (χ1) is 13.6. The molecule has 0 bridgehead atoms. The Kier molecular flexibility index (Phi) is 7.05. The number of anilines is 2. The van der Waals surface area contributed by atoms with Gasteiger partial charge in [0.25, 0.3) is 0 Å². The second kappa shape index (κ2) is 9.91. The van der Waals surface area contributed by atoms with Crippen molar-refractivity contribution in [3.8, 4) is 17.0 Å². The van der Waals surface area contributed by atoms with Crippen LogP contribution in [0.3, 0.4) is 0 Å². The summed E-state index contributed by atoms with van der Waals surface area (Å²) < 4.78 is 5.08. The normalized spacial score (nSPS) is 10.3. The van der Waals surface area contributed by atoms with E-state index in [4.69, 9.17) is 4.74 Å². The second-order valence-electron chi connectivity index (χ2n) is 5.72. The maximum atomic E-state index is 12.1. The van der Waals surface area contributed by atoms with Gasteiger partial charge in [-0.05, 0) is 24.3 Å². The molecule has 0 unspecified atom stereocenters. The summed E-state index contributed by atoms with van der Waals surface area (Å²) in [6.45, 7) is 0. The van der Waals surface area contributed by atoms with Crippen molar-refractivity contribution in [3.05, 3.63) is 60.0 Å². The maximum Gasteiger partial charge on any atom is 0.236 e. The van der Waals surface area contributed by atoms with Crippen LogP contribution in [0.25, 0.3) is 11.3 Å². The lowest BCUT2D eigenvalue weighted by atomic mass is 10.2. The van der Waals surface area contributed by atoms with Crippen molar-refractivity contribution in [1.82, 2.24) is 4.98 Å². The number of amides is 2. The number of carbonyl (C=O) groups is 2. The topological polar surface area (TPSA) is 80.3 Å². The highest BCUT2D eigenvalue weighted by Crippen LogP contribution is 2.24. The lowest BCUT2D eigenvalue weighted by molar-refractivity contribution is -0.114. The van der Waals surface area contributed by atoms with Gasteiger partial charge < -0.3 is 15.4 Å². The Morgan fingerprint density at radius 1 is 1.00 bits per heavy atom. The molecule has 0 atom stereocenters. The maximum absolute atomic E-state index is 12.1. The summed E-state index contributed by atoms with van der Waals surface area (Å²) >= 11 is 2.62. The zero-order valence-electron chi connectivity index (χ0n) is 15.2. The van der Waals surface area contributed by atoms with Crippen LogP contribution >= 0.6 is 23.1 Å². The van der Waals surface area contributed by atoms with E-state index in [-0.39, 0.29) is 23.3 Å². The van der Waals surface area contributed by atoms with Crippen molar-refractivity contribution in [2.75, 3.05) is 29.2 Å². The molecule has 6 nitrogen and oxygen atoms in total. The van der Waals surface area contributed by atoms with Gasteiger partial charge in [0.05, 0.1) is 24.3 Å². The summed E-state index contributed by atoms with van der Waals surface area (Å²) in [6, 6.07) is 16.8. The highest BCUT2D eigenvalue weighted by Gasteiger charge is 2.10. The average molecular weight is 414 g/mol. The first-order valence-corrected chi connectivity index (χ1v) is 10.5. The smallest absolute Gasteiger partial charge is 0.236 e. The summed E-state index contributed by atoms with van der Waals surface area (Å²) in [7, 11) is 1.59. The van der Waals surface area contributed by atoms with Crippen molar-refractivity contribution in [2.45, 2.75) is 0 Å². The highest BCUT2D eigenvalue weighted by atomic mass is 32.2. The quantitative estimate of drug-likeness (QED) is 0.580. The van der Waals surface area contributed by atoms with E-state index in [9.17, 15) is 9.59 Å². The molecule has 0 radical (unpaired) electrons. The number of carbonyl (C=O) groups excluding carboxylic acids is 2. The Labute approximate surface area is 171 Å². The number of nitrogens with one attached hydrogen (secondary N) is 2. The number of ether oxygens (including phenoxy) is 1. The fourth-order valence-electron chi connectivity index (χ4n) is 2.34. The molecule has 28 heavy (non-hydrogen) atoms. The molecule has 0 saturated heterocycles. The van der Waals surface area contributed by atoms with Crippen molar-refractivity contribution < 1.29 is 14.3 Å².